The van der Waals surface area contributed by atoms with Crippen LogP contribution in [0.1, 0.15) is 17.4 Å². The van der Waals surface area contributed by atoms with Crippen LogP contribution in [0.15, 0.2) is 60.0 Å². The Morgan fingerprint density at radius 1 is 1.14 bits per heavy atom. The molecule has 0 aliphatic carbocycles. The van der Waals surface area contributed by atoms with Crippen molar-refractivity contribution in [1.82, 2.24) is 5.32 Å². The highest BCUT2D eigenvalue weighted by atomic mass is 32.1. The topological polar surface area (TPSA) is 21.3 Å². The normalized spacial score (nSPS) is 12.4. The highest BCUT2D eigenvalue weighted by molar-refractivity contribution is 7.10. The van der Waals surface area contributed by atoms with E-state index in [1.165, 1.54) is 15.6 Å². The predicted molar refractivity (Wildman–Crippen MR) is 90.2 cm³/mol. The number of fused-ring (bicyclic) bond motifs is 1. The van der Waals surface area contributed by atoms with Crippen molar-refractivity contribution in [3.8, 4) is 5.75 Å². The third-order valence-electron chi connectivity index (χ3n) is 3.54. The van der Waals surface area contributed by atoms with Gasteiger partial charge in [0.25, 0.3) is 0 Å². The molecule has 108 valence electrons. The van der Waals surface area contributed by atoms with Crippen LogP contribution in [0.5, 0.6) is 5.75 Å². The van der Waals surface area contributed by atoms with Gasteiger partial charge < -0.3 is 10.1 Å². The molecule has 1 atom stereocenters. The molecule has 3 aromatic rings. The maximum Gasteiger partial charge on any atom is 0.134 e. The van der Waals surface area contributed by atoms with Crippen LogP contribution in [0, 0.1) is 0 Å². The molecule has 3 rings (SSSR count). The standard InChI is InChI=1S/C18H19NOS/c1-19-12-11-17(18-10-5-13-21-18)20-16-9-4-7-14-6-2-3-8-15(14)16/h2-10,13,17,19H,11-12H2,1H3/t17-/m0/s1/i16+2. The molecule has 0 aliphatic rings. The number of hydrogen-bond acceptors (Lipinski definition) is 3. The quantitative estimate of drug-likeness (QED) is 0.716. The molecule has 1 aromatic heterocycles. The predicted octanol–water partition coefficient (Wildman–Crippen LogP) is 4.63. The van der Waals surface area contributed by atoms with Crippen LogP contribution in [0.2, 0.25) is 0 Å². The van der Waals surface area contributed by atoms with Gasteiger partial charge in [-0.3, -0.25) is 0 Å². The molecule has 0 radical (unpaired) electrons. The van der Waals surface area contributed by atoms with Gasteiger partial charge in [0.05, 0.1) is 0 Å². The zero-order valence-electron chi connectivity index (χ0n) is 12.1. The monoisotopic (exact) mass is 299 g/mol. The SMILES string of the molecule is CNCC[C@H](O[14c]1cccc2ccccc21)c1cccs1. The fourth-order valence-electron chi connectivity index (χ4n) is 2.46. The van der Waals surface area contributed by atoms with Gasteiger partial charge >= 0.3 is 0 Å². The van der Waals surface area contributed by atoms with Crippen LogP contribution < -0.4 is 10.1 Å². The Kier molecular flexibility index (Phi) is 4.53. The zero-order chi connectivity index (χ0) is 14.5. The number of benzene rings is 2. The van der Waals surface area contributed by atoms with Gasteiger partial charge in [-0.15, -0.1) is 11.3 Å². The lowest BCUT2D eigenvalue weighted by molar-refractivity contribution is 0.201. The maximum atomic E-state index is 6.34. The molecule has 1 N–H and O–H groups in total. The highest BCUT2D eigenvalue weighted by Gasteiger charge is 2.15. The Bertz CT molecular complexity index is 688. The summed E-state index contributed by atoms with van der Waals surface area (Å²) in [4.78, 5) is 1.28. The summed E-state index contributed by atoms with van der Waals surface area (Å²) in [5.41, 5.74) is 0. The third-order valence-corrected chi connectivity index (χ3v) is 4.50. The summed E-state index contributed by atoms with van der Waals surface area (Å²) in [6.07, 6.45) is 1.06. The van der Waals surface area contributed by atoms with E-state index in [0.717, 1.165) is 18.7 Å². The van der Waals surface area contributed by atoms with Crippen LogP contribution in [0.25, 0.3) is 10.8 Å². The van der Waals surface area contributed by atoms with Crippen LogP contribution in [0.4, 0.5) is 0 Å². The lowest BCUT2D eigenvalue weighted by atomic mass is 10.2. The molecule has 0 fully saturated rings. The minimum absolute atomic E-state index is 0.100. The van der Waals surface area contributed by atoms with E-state index < -0.39 is 0 Å². The van der Waals surface area contributed by atoms with Crippen molar-refractivity contribution in [3.05, 3.63) is 64.9 Å². The number of rotatable bonds is 6. The van der Waals surface area contributed by atoms with Crippen molar-refractivity contribution < 1.29 is 4.74 Å². The van der Waals surface area contributed by atoms with Gasteiger partial charge in [-0.05, 0) is 36.5 Å². The molecule has 2 nitrogen and oxygen atoms in total. The summed E-state index contributed by atoms with van der Waals surface area (Å²) >= 11 is 1.75. The van der Waals surface area contributed by atoms with E-state index >= 15 is 0 Å². The Labute approximate surface area is 129 Å². The van der Waals surface area contributed by atoms with Crippen molar-refractivity contribution in [2.75, 3.05) is 13.6 Å². The minimum atomic E-state index is 0.100. The molecule has 2 aromatic carbocycles. The van der Waals surface area contributed by atoms with Crippen molar-refractivity contribution in [3.63, 3.8) is 0 Å². The Morgan fingerprint density at radius 3 is 2.81 bits per heavy atom. The maximum absolute atomic E-state index is 6.34. The molecule has 21 heavy (non-hydrogen) atoms. The first kappa shape index (κ1) is 14.1. The minimum Gasteiger partial charge on any atom is -0.484 e. The molecule has 0 amide bonds. The van der Waals surface area contributed by atoms with E-state index in [2.05, 4.69) is 65.3 Å². The largest absolute Gasteiger partial charge is 0.484 e. The van der Waals surface area contributed by atoms with Crippen molar-refractivity contribution >= 4 is 22.1 Å². The second kappa shape index (κ2) is 6.74. The molecule has 0 saturated carbocycles. The van der Waals surface area contributed by atoms with Gasteiger partial charge in [0.2, 0.25) is 0 Å². The van der Waals surface area contributed by atoms with Crippen LogP contribution in [0.3, 0.4) is 0 Å². The summed E-state index contributed by atoms with van der Waals surface area (Å²) in [6.45, 7) is 0.938. The molecule has 0 bridgehead atoms. The Morgan fingerprint density at radius 2 is 2.00 bits per heavy atom. The van der Waals surface area contributed by atoms with Gasteiger partial charge in [0, 0.05) is 16.7 Å². The molecule has 0 aliphatic heterocycles. The van der Waals surface area contributed by atoms with Gasteiger partial charge in [-0.25, -0.2) is 0 Å². The van der Waals surface area contributed by atoms with E-state index in [1.807, 2.05) is 7.05 Å². The fraction of sp³-hybridized carbons (Fsp3) is 0.222. The van der Waals surface area contributed by atoms with E-state index in [0.29, 0.717) is 0 Å². The summed E-state index contributed by atoms with van der Waals surface area (Å²) in [5, 5.41) is 7.70. The van der Waals surface area contributed by atoms with Gasteiger partial charge in [0.15, 0.2) is 0 Å². The van der Waals surface area contributed by atoms with Crippen LogP contribution >= 0.6 is 11.3 Å². The first-order valence-electron chi connectivity index (χ1n) is 7.21. The Balaban J connectivity index is 1.90. The number of nitrogens with one attached hydrogen (secondary N) is 1. The molecular weight excluding hydrogens is 280 g/mol. The average molecular weight is 299 g/mol. The van der Waals surface area contributed by atoms with Gasteiger partial charge in [-0.1, -0.05) is 42.5 Å². The van der Waals surface area contributed by atoms with E-state index in [9.17, 15) is 0 Å². The van der Waals surface area contributed by atoms with Gasteiger partial charge in [0.1, 0.15) is 11.9 Å². The van der Waals surface area contributed by atoms with Crippen LogP contribution in [-0.4, -0.2) is 13.6 Å². The lowest BCUT2D eigenvalue weighted by Crippen LogP contribution is -2.15. The van der Waals surface area contributed by atoms with Gasteiger partial charge in [-0.2, -0.15) is 0 Å². The van der Waals surface area contributed by atoms with E-state index in [-0.39, 0.29) is 6.10 Å². The molecule has 0 unspecified atom stereocenters. The molecule has 0 saturated heterocycles. The number of hydrogen-bond donors (Lipinski definition) is 1. The van der Waals surface area contributed by atoms with Crippen molar-refractivity contribution in [2.24, 2.45) is 0 Å². The molecule has 1 heterocycles. The molecule has 3 heteroatoms. The second-order valence-electron chi connectivity index (χ2n) is 4.99. The molecule has 0 spiro atoms. The summed E-state index contributed by atoms with van der Waals surface area (Å²) in [5.74, 6) is 0.961. The number of thiophene rings is 1. The summed E-state index contributed by atoms with van der Waals surface area (Å²) in [7, 11) is 1.98. The van der Waals surface area contributed by atoms with E-state index in [1.54, 1.807) is 11.3 Å². The summed E-state index contributed by atoms with van der Waals surface area (Å²) < 4.78 is 6.34. The highest BCUT2D eigenvalue weighted by Crippen LogP contribution is 2.32. The lowest BCUT2D eigenvalue weighted by Gasteiger charge is -2.19. The van der Waals surface area contributed by atoms with Crippen molar-refractivity contribution in [2.45, 2.75) is 12.5 Å². The zero-order valence-corrected chi connectivity index (χ0v) is 12.9. The second-order valence-corrected chi connectivity index (χ2v) is 5.97. The van der Waals surface area contributed by atoms with E-state index in [4.69, 9.17) is 4.74 Å². The first-order valence-corrected chi connectivity index (χ1v) is 8.09. The summed E-state index contributed by atoms with van der Waals surface area (Å²) in [6, 6.07) is 18.8. The first-order chi connectivity index (χ1) is 10.4. The van der Waals surface area contributed by atoms with Crippen molar-refractivity contribution in [1.29, 1.82) is 0 Å². The molecular formula is C18H19NOS. The number of ether oxygens (including phenoxy) is 1. The third kappa shape index (κ3) is 3.26. The average Bonchev–Trinajstić information content (AvgIpc) is 3.06. The fourth-order valence-corrected chi connectivity index (χ4v) is 3.25. The van der Waals surface area contributed by atoms with Crippen LogP contribution in [-0.2, 0) is 0 Å². The smallest absolute Gasteiger partial charge is 0.134 e. The Hall–Kier alpha value is -1.84.